The van der Waals surface area contributed by atoms with Gasteiger partial charge in [-0.3, -0.25) is 4.79 Å². The number of carbonyl (C=O) groups excluding carboxylic acids is 1. The van der Waals surface area contributed by atoms with Gasteiger partial charge in [0.25, 0.3) is 0 Å². The van der Waals surface area contributed by atoms with Crippen molar-refractivity contribution in [2.24, 2.45) is 0 Å². The van der Waals surface area contributed by atoms with Crippen LogP contribution < -0.4 is 0 Å². The zero-order valence-corrected chi connectivity index (χ0v) is 6.43. The molecule has 1 atom stereocenters. The van der Waals surface area contributed by atoms with Crippen LogP contribution in [0, 0.1) is 0 Å². The van der Waals surface area contributed by atoms with Gasteiger partial charge in [0.2, 0.25) is 0 Å². The van der Waals surface area contributed by atoms with E-state index in [1.807, 2.05) is 29.0 Å². The summed E-state index contributed by atoms with van der Waals surface area (Å²) in [7, 11) is -0.417. The molecule has 3 heteroatoms. The van der Waals surface area contributed by atoms with Gasteiger partial charge in [0, 0.05) is 28.5 Å². The van der Waals surface area contributed by atoms with E-state index in [-0.39, 0.29) is 5.97 Å². The highest BCUT2D eigenvalue weighted by Gasteiger charge is 1.95. The lowest BCUT2D eigenvalue weighted by Crippen LogP contribution is -1.91. The third-order valence-electron chi connectivity index (χ3n) is 0.861. The van der Waals surface area contributed by atoms with Crippen LogP contribution >= 0.6 is 10.8 Å². The second-order valence-corrected chi connectivity index (χ2v) is 3.12. The van der Waals surface area contributed by atoms with Crippen LogP contribution in [0.2, 0.25) is 0 Å². The largest absolute Gasteiger partial charge is 0.396 e. The van der Waals surface area contributed by atoms with Gasteiger partial charge in [-0.15, -0.1) is 0 Å². The van der Waals surface area contributed by atoms with Gasteiger partial charge in [-0.05, 0) is 0 Å². The van der Waals surface area contributed by atoms with Crippen molar-refractivity contribution < 1.29 is 8.98 Å². The fourth-order valence-corrected chi connectivity index (χ4v) is 1.51. The quantitative estimate of drug-likeness (QED) is 0.539. The van der Waals surface area contributed by atoms with E-state index in [9.17, 15) is 4.79 Å². The zero-order valence-electron chi connectivity index (χ0n) is 5.61. The van der Waals surface area contributed by atoms with Gasteiger partial charge in [-0.2, -0.15) is 0 Å². The van der Waals surface area contributed by atoms with Crippen molar-refractivity contribution in [2.45, 2.75) is 6.92 Å². The van der Waals surface area contributed by atoms with Crippen molar-refractivity contribution in [2.75, 3.05) is 0 Å². The highest BCUT2D eigenvalue weighted by Crippen LogP contribution is 2.17. The van der Waals surface area contributed by atoms with Crippen molar-refractivity contribution in [3.63, 3.8) is 0 Å². The smallest absolute Gasteiger partial charge is 0.314 e. The average Bonchev–Trinajstić information content (AvgIpc) is 1.88. The Labute approximate surface area is 62.3 Å². The minimum Gasteiger partial charge on any atom is -0.396 e. The summed E-state index contributed by atoms with van der Waals surface area (Å²) >= 11 is 0. The van der Waals surface area contributed by atoms with Crippen LogP contribution in [0.25, 0.3) is 0 Å². The summed E-state index contributed by atoms with van der Waals surface area (Å²) in [5.74, 6) is -0.237. The molecule has 0 bridgehead atoms. The van der Waals surface area contributed by atoms with E-state index >= 15 is 0 Å². The van der Waals surface area contributed by atoms with Crippen molar-refractivity contribution in [3.8, 4) is 0 Å². The van der Waals surface area contributed by atoms with Crippen LogP contribution in [-0.4, -0.2) is 11.3 Å². The lowest BCUT2D eigenvalue weighted by molar-refractivity contribution is -0.130. The van der Waals surface area contributed by atoms with Gasteiger partial charge < -0.3 is 4.18 Å². The van der Waals surface area contributed by atoms with Gasteiger partial charge in [0.15, 0.2) is 0 Å². The van der Waals surface area contributed by atoms with Crippen LogP contribution in [0.5, 0.6) is 0 Å². The summed E-state index contributed by atoms with van der Waals surface area (Å²) in [6.45, 7) is 1.41. The summed E-state index contributed by atoms with van der Waals surface area (Å²) in [6.07, 6.45) is 5.63. The van der Waals surface area contributed by atoms with Gasteiger partial charge in [0.1, 0.15) is 0 Å². The molecule has 0 aliphatic carbocycles. The second kappa shape index (κ2) is 3.37. The standard InChI is InChI=1S/C7H8O2S/c1-7(8)9-10-5-3-2-4-6-10/h2-6H,1H3. The van der Waals surface area contributed by atoms with Crippen LogP contribution in [0.15, 0.2) is 23.6 Å². The maximum atomic E-state index is 10.4. The molecule has 0 aromatic rings. The molecule has 0 amide bonds. The lowest BCUT2D eigenvalue weighted by atomic mass is 10.5. The molecule has 1 aliphatic rings. The SMILES string of the molecule is CC(=O)OS1=CC=CC=C1. The van der Waals surface area contributed by atoms with Crippen LogP contribution in [0.4, 0.5) is 0 Å². The molecule has 0 saturated heterocycles. The third-order valence-corrected chi connectivity index (χ3v) is 2.14. The molecule has 1 rings (SSSR count). The van der Waals surface area contributed by atoms with Crippen LogP contribution in [0.3, 0.4) is 0 Å². The maximum absolute atomic E-state index is 10.4. The van der Waals surface area contributed by atoms with E-state index in [0.29, 0.717) is 0 Å². The first-order valence-electron chi connectivity index (χ1n) is 2.88. The summed E-state index contributed by atoms with van der Waals surface area (Å²) in [5.41, 5.74) is 0. The first-order valence-corrected chi connectivity index (χ1v) is 4.16. The number of allylic oxidation sites excluding steroid dienone is 3. The molecule has 10 heavy (non-hydrogen) atoms. The molecule has 0 aromatic carbocycles. The average molecular weight is 156 g/mol. The molecule has 1 aliphatic heterocycles. The van der Waals surface area contributed by atoms with Crippen molar-refractivity contribution in [1.29, 1.82) is 0 Å². The molecule has 0 spiro atoms. The van der Waals surface area contributed by atoms with Gasteiger partial charge >= 0.3 is 5.97 Å². The Morgan fingerprint density at radius 1 is 1.40 bits per heavy atom. The summed E-state index contributed by atoms with van der Waals surface area (Å²) in [4.78, 5) is 10.4. The summed E-state index contributed by atoms with van der Waals surface area (Å²) < 4.78 is 4.89. The third kappa shape index (κ3) is 2.19. The number of hydrogen-bond acceptors (Lipinski definition) is 2. The van der Waals surface area contributed by atoms with Crippen molar-refractivity contribution >= 4 is 22.1 Å². The summed E-state index contributed by atoms with van der Waals surface area (Å²) in [5, 5.41) is 3.70. The Hall–Kier alpha value is -0.830. The molecule has 0 radical (unpaired) electrons. The summed E-state index contributed by atoms with van der Waals surface area (Å²) in [6, 6.07) is 0. The van der Waals surface area contributed by atoms with E-state index in [1.54, 1.807) is 0 Å². The zero-order chi connectivity index (χ0) is 7.40. The fraction of sp³-hybridized carbons (Fsp3) is 0.143. The molecule has 0 N–H and O–H groups in total. The van der Waals surface area contributed by atoms with Crippen LogP contribution in [0.1, 0.15) is 6.92 Å². The first-order chi connectivity index (χ1) is 4.79. The maximum Gasteiger partial charge on any atom is 0.314 e. The number of carbonyl (C=O) groups is 1. The minimum atomic E-state index is -0.417. The van der Waals surface area contributed by atoms with Crippen LogP contribution in [-0.2, 0) is 8.98 Å². The number of hydrogen-bond donors (Lipinski definition) is 0. The minimum absolute atomic E-state index is 0.237. The Bertz CT molecular complexity index is 226. The van der Waals surface area contributed by atoms with E-state index in [4.69, 9.17) is 4.18 Å². The van der Waals surface area contributed by atoms with Gasteiger partial charge in [0.05, 0.1) is 0 Å². The Morgan fingerprint density at radius 2 is 2.20 bits per heavy atom. The van der Waals surface area contributed by atoms with E-state index in [1.165, 1.54) is 6.92 Å². The lowest BCUT2D eigenvalue weighted by Gasteiger charge is -2.02. The molecule has 1 unspecified atom stereocenters. The van der Waals surface area contributed by atoms with Crippen molar-refractivity contribution in [3.05, 3.63) is 23.6 Å². The number of rotatable bonds is 1. The van der Waals surface area contributed by atoms with Gasteiger partial charge in [-0.1, -0.05) is 18.2 Å². The fourth-order valence-electron chi connectivity index (χ4n) is 0.546. The molecule has 0 fully saturated rings. The molecule has 0 saturated carbocycles. The topological polar surface area (TPSA) is 26.3 Å². The highest BCUT2D eigenvalue weighted by molar-refractivity contribution is 8.14. The van der Waals surface area contributed by atoms with Crippen molar-refractivity contribution in [1.82, 2.24) is 0 Å². The highest BCUT2D eigenvalue weighted by atomic mass is 32.2. The first kappa shape index (κ1) is 7.28. The Morgan fingerprint density at radius 3 is 2.70 bits per heavy atom. The predicted molar refractivity (Wildman–Crippen MR) is 43.7 cm³/mol. The molecule has 54 valence electrons. The Kier molecular flexibility index (Phi) is 2.45. The van der Waals surface area contributed by atoms with E-state index in [2.05, 4.69) is 0 Å². The normalized spacial score (nSPS) is 21.9. The second-order valence-electron chi connectivity index (χ2n) is 1.75. The monoisotopic (exact) mass is 156 g/mol. The molecule has 1 heterocycles. The van der Waals surface area contributed by atoms with E-state index in [0.717, 1.165) is 0 Å². The van der Waals surface area contributed by atoms with Gasteiger partial charge in [-0.25, -0.2) is 0 Å². The predicted octanol–water partition coefficient (Wildman–Crippen LogP) is 1.62. The van der Waals surface area contributed by atoms with E-state index < -0.39 is 10.8 Å². The Balaban J connectivity index is 2.58. The molecular formula is C7H8O2S. The molecule has 0 aromatic heterocycles. The molecular weight excluding hydrogens is 148 g/mol. The molecule has 2 nitrogen and oxygen atoms in total.